The molecule has 6 nitrogen and oxygen atoms in total. The van der Waals surface area contributed by atoms with E-state index in [0.717, 1.165) is 50.1 Å². The molecule has 1 atom stereocenters. The van der Waals surface area contributed by atoms with Crippen molar-refractivity contribution >= 4 is 5.91 Å². The Morgan fingerprint density at radius 3 is 2.38 bits per heavy atom. The number of likely N-dealkylation sites (tertiary alicyclic amines) is 1. The van der Waals surface area contributed by atoms with Gasteiger partial charge in [0.15, 0.2) is 11.5 Å². The average molecular weight is 441 g/mol. The van der Waals surface area contributed by atoms with E-state index in [1.807, 2.05) is 37.3 Å². The van der Waals surface area contributed by atoms with Crippen molar-refractivity contribution in [2.45, 2.75) is 38.6 Å². The van der Waals surface area contributed by atoms with Gasteiger partial charge in [0.25, 0.3) is 0 Å². The number of amides is 1. The Morgan fingerprint density at radius 2 is 1.69 bits per heavy atom. The molecule has 1 fully saturated rings. The molecule has 0 saturated carbocycles. The lowest BCUT2D eigenvalue weighted by Crippen LogP contribution is -2.48. The van der Waals surface area contributed by atoms with Crippen LogP contribution in [0.2, 0.25) is 0 Å². The maximum absolute atomic E-state index is 12.7. The molecule has 0 radical (unpaired) electrons. The van der Waals surface area contributed by atoms with E-state index in [-0.39, 0.29) is 11.9 Å². The molecule has 1 N–H and O–H groups in total. The number of rotatable bonds is 10. The van der Waals surface area contributed by atoms with Crippen LogP contribution in [0.1, 0.15) is 30.9 Å². The van der Waals surface area contributed by atoms with Crippen molar-refractivity contribution in [3.8, 4) is 17.2 Å². The van der Waals surface area contributed by atoms with E-state index in [4.69, 9.17) is 14.2 Å². The number of hydrogen-bond acceptors (Lipinski definition) is 5. The molecule has 2 aromatic rings. The first-order chi connectivity index (χ1) is 15.5. The number of piperidine rings is 1. The third kappa shape index (κ3) is 6.16. The molecule has 2 aromatic carbocycles. The van der Waals surface area contributed by atoms with Crippen molar-refractivity contribution in [3.05, 3.63) is 53.6 Å². The predicted molar refractivity (Wildman–Crippen MR) is 127 cm³/mol. The zero-order valence-corrected chi connectivity index (χ0v) is 19.7. The average Bonchev–Trinajstić information content (AvgIpc) is 2.84. The number of benzene rings is 2. The maximum Gasteiger partial charge on any atom is 0.237 e. The summed E-state index contributed by atoms with van der Waals surface area (Å²) in [6, 6.07) is 14.0. The van der Waals surface area contributed by atoms with E-state index < -0.39 is 0 Å². The van der Waals surface area contributed by atoms with E-state index in [1.54, 1.807) is 21.3 Å². The van der Waals surface area contributed by atoms with Crippen LogP contribution in [0, 0.1) is 5.92 Å². The Morgan fingerprint density at radius 1 is 1.00 bits per heavy atom. The van der Waals surface area contributed by atoms with Gasteiger partial charge in [-0.2, -0.15) is 0 Å². The van der Waals surface area contributed by atoms with Crippen molar-refractivity contribution in [2.75, 3.05) is 41.0 Å². The van der Waals surface area contributed by atoms with Crippen molar-refractivity contribution < 1.29 is 19.0 Å². The number of carbonyl (C=O) groups excluding carboxylic acids is 1. The largest absolute Gasteiger partial charge is 0.496 e. The Balaban J connectivity index is 1.43. The molecule has 0 aliphatic carbocycles. The van der Waals surface area contributed by atoms with Gasteiger partial charge in [-0.3, -0.25) is 9.69 Å². The van der Waals surface area contributed by atoms with Gasteiger partial charge in [0.05, 0.1) is 27.4 Å². The number of hydrogen-bond donors (Lipinski definition) is 1. The molecule has 1 aliphatic rings. The van der Waals surface area contributed by atoms with Crippen LogP contribution < -0.4 is 19.5 Å². The summed E-state index contributed by atoms with van der Waals surface area (Å²) in [5, 5.41) is 3.09. The fourth-order valence-corrected chi connectivity index (χ4v) is 4.41. The highest BCUT2D eigenvalue weighted by Crippen LogP contribution is 2.28. The lowest BCUT2D eigenvalue weighted by atomic mass is 9.89. The molecule has 1 saturated heterocycles. The molecular formula is C26H36N2O4. The monoisotopic (exact) mass is 440 g/mol. The van der Waals surface area contributed by atoms with Gasteiger partial charge < -0.3 is 19.5 Å². The zero-order chi connectivity index (χ0) is 22.9. The highest BCUT2D eigenvalue weighted by Gasteiger charge is 2.27. The van der Waals surface area contributed by atoms with E-state index >= 15 is 0 Å². The number of nitrogens with one attached hydrogen (secondary N) is 1. The fourth-order valence-electron chi connectivity index (χ4n) is 4.41. The molecule has 1 aliphatic heterocycles. The molecule has 0 bridgehead atoms. The number of ether oxygens (including phenoxy) is 3. The van der Waals surface area contributed by atoms with Gasteiger partial charge >= 0.3 is 0 Å². The molecule has 0 aromatic heterocycles. The number of methoxy groups -OCH3 is 3. The normalized spacial score (nSPS) is 15.8. The van der Waals surface area contributed by atoms with Gasteiger partial charge in [-0.05, 0) is 80.9 Å². The summed E-state index contributed by atoms with van der Waals surface area (Å²) in [5.41, 5.74) is 2.38. The molecule has 1 amide bonds. The zero-order valence-electron chi connectivity index (χ0n) is 19.7. The first-order valence-electron chi connectivity index (χ1n) is 11.4. The van der Waals surface area contributed by atoms with Crippen molar-refractivity contribution in [3.63, 3.8) is 0 Å². The minimum Gasteiger partial charge on any atom is -0.496 e. The number of carbonyl (C=O) groups is 1. The maximum atomic E-state index is 12.7. The molecule has 3 rings (SSSR count). The van der Waals surface area contributed by atoms with Gasteiger partial charge in [-0.25, -0.2) is 0 Å². The smallest absolute Gasteiger partial charge is 0.237 e. The lowest BCUT2D eigenvalue weighted by molar-refractivity contribution is -0.126. The number of nitrogens with zero attached hydrogens (tertiary/aromatic N) is 1. The Kier molecular flexibility index (Phi) is 8.80. The summed E-state index contributed by atoms with van der Waals surface area (Å²) >= 11 is 0. The van der Waals surface area contributed by atoms with Crippen LogP contribution in [0.25, 0.3) is 0 Å². The van der Waals surface area contributed by atoms with Gasteiger partial charge in [-0.15, -0.1) is 0 Å². The minimum atomic E-state index is -0.118. The first kappa shape index (κ1) is 23.9. The quantitative estimate of drug-likeness (QED) is 0.610. The molecule has 32 heavy (non-hydrogen) atoms. The fraction of sp³-hybridized carbons (Fsp3) is 0.500. The SMILES string of the molecule is COc1ccccc1CC1CCN(C(C)C(=O)NCCc2ccc(OC)c(OC)c2)CC1. The predicted octanol–water partition coefficient (Wildman–Crippen LogP) is 3.71. The van der Waals surface area contributed by atoms with Gasteiger partial charge in [0.2, 0.25) is 5.91 Å². The van der Waals surface area contributed by atoms with Gasteiger partial charge in [-0.1, -0.05) is 24.3 Å². The summed E-state index contributed by atoms with van der Waals surface area (Å²) in [6.07, 6.45) is 3.98. The molecule has 1 heterocycles. The molecular weight excluding hydrogens is 404 g/mol. The third-order valence-electron chi connectivity index (χ3n) is 6.44. The van der Waals surface area contributed by atoms with Crippen LogP contribution in [-0.2, 0) is 17.6 Å². The van der Waals surface area contributed by atoms with Gasteiger partial charge in [0.1, 0.15) is 5.75 Å². The Labute approximate surface area is 191 Å². The Hall–Kier alpha value is -2.73. The van der Waals surface area contributed by atoms with Crippen molar-refractivity contribution in [2.24, 2.45) is 5.92 Å². The van der Waals surface area contributed by atoms with Crippen molar-refractivity contribution in [1.29, 1.82) is 0 Å². The highest BCUT2D eigenvalue weighted by molar-refractivity contribution is 5.81. The first-order valence-corrected chi connectivity index (χ1v) is 11.4. The number of para-hydroxylation sites is 1. The second-order valence-electron chi connectivity index (χ2n) is 8.40. The van der Waals surface area contributed by atoms with Crippen LogP contribution in [0.5, 0.6) is 17.2 Å². The van der Waals surface area contributed by atoms with Gasteiger partial charge in [0, 0.05) is 6.54 Å². The van der Waals surface area contributed by atoms with E-state index in [9.17, 15) is 4.79 Å². The summed E-state index contributed by atoms with van der Waals surface area (Å²) in [6.45, 7) is 4.50. The Bertz CT molecular complexity index is 878. The molecule has 6 heteroatoms. The summed E-state index contributed by atoms with van der Waals surface area (Å²) in [7, 11) is 4.98. The molecule has 0 spiro atoms. The lowest BCUT2D eigenvalue weighted by Gasteiger charge is -2.35. The van der Waals surface area contributed by atoms with Crippen LogP contribution in [0.4, 0.5) is 0 Å². The summed E-state index contributed by atoms with van der Waals surface area (Å²) in [5.74, 6) is 3.11. The van der Waals surface area contributed by atoms with E-state index in [1.165, 1.54) is 5.56 Å². The highest BCUT2D eigenvalue weighted by atomic mass is 16.5. The second-order valence-corrected chi connectivity index (χ2v) is 8.40. The van der Waals surface area contributed by atoms with Crippen LogP contribution in [-0.4, -0.2) is 57.8 Å². The molecule has 174 valence electrons. The summed E-state index contributed by atoms with van der Waals surface area (Å²) < 4.78 is 16.1. The minimum absolute atomic E-state index is 0.0913. The summed E-state index contributed by atoms with van der Waals surface area (Å²) in [4.78, 5) is 15.0. The van der Waals surface area contributed by atoms with E-state index in [0.29, 0.717) is 24.0 Å². The van der Waals surface area contributed by atoms with Crippen LogP contribution in [0.15, 0.2) is 42.5 Å². The third-order valence-corrected chi connectivity index (χ3v) is 6.44. The van der Waals surface area contributed by atoms with Crippen LogP contribution in [0.3, 0.4) is 0 Å². The second kappa shape index (κ2) is 11.8. The molecule has 1 unspecified atom stereocenters. The van der Waals surface area contributed by atoms with E-state index in [2.05, 4.69) is 22.3 Å². The van der Waals surface area contributed by atoms with Crippen LogP contribution >= 0.6 is 0 Å². The van der Waals surface area contributed by atoms with Crippen molar-refractivity contribution in [1.82, 2.24) is 10.2 Å². The topological polar surface area (TPSA) is 60.0 Å². The standard InChI is InChI=1S/C26H36N2O4/c1-19(26(29)27-14-11-20-9-10-24(31-3)25(18-20)32-4)28-15-12-21(13-16-28)17-22-7-5-6-8-23(22)30-2/h5-10,18-19,21H,11-17H2,1-4H3,(H,27,29).